The number of hydrogen-bond acceptors (Lipinski definition) is 4. The number of aliphatic hydroxyl groups is 3. The van der Waals surface area contributed by atoms with Gasteiger partial charge in [0.2, 0.25) is 0 Å². The van der Waals surface area contributed by atoms with Gasteiger partial charge in [-0.1, -0.05) is 20.8 Å². The van der Waals surface area contributed by atoms with E-state index in [2.05, 4.69) is 20.8 Å². The van der Waals surface area contributed by atoms with Gasteiger partial charge in [-0.25, -0.2) is 0 Å². The van der Waals surface area contributed by atoms with Crippen LogP contribution in [-0.4, -0.2) is 46.3 Å². The highest BCUT2D eigenvalue weighted by Crippen LogP contribution is 2.41. The fourth-order valence-electron chi connectivity index (χ4n) is 3.46. The molecule has 4 heteroatoms. The standard InChI is InChI=1S/C15H28O4/c1-9-4-13(18)14(5-9)19-8-15(2,3)10-6-11(16)12(17)7-10/h9-14,16-18H,4-8H2,1-3H3/t9-,10?,11-,12+,13+,14-/m0/s1. The molecule has 0 bridgehead atoms. The van der Waals surface area contributed by atoms with Crippen molar-refractivity contribution in [3.63, 3.8) is 0 Å². The van der Waals surface area contributed by atoms with Gasteiger partial charge >= 0.3 is 0 Å². The van der Waals surface area contributed by atoms with Gasteiger partial charge in [-0.2, -0.15) is 0 Å². The lowest BCUT2D eigenvalue weighted by atomic mass is 9.78. The summed E-state index contributed by atoms with van der Waals surface area (Å²) >= 11 is 0. The van der Waals surface area contributed by atoms with Gasteiger partial charge in [0.25, 0.3) is 0 Å². The normalized spacial score (nSPS) is 43.9. The zero-order valence-corrected chi connectivity index (χ0v) is 12.2. The minimum absolute atomic E-state index is 0.0504. The van der Waals surface area contributed by atoms with E-state index in [1.54, 1.807) is 0 Å². The molecule has 0 aliphatic heterocycles. The van der Waals surface area contributed by atoms with Crippen LogP contribution in [0, 0.1) is 17.3 Å². The van der Waals surface area contributed by atoms with Crippen molar-refractivity contribution < 1.29 is 20.1 Å². The highest BCUT2D eigenvalue weighted by Gasteiger charge is 2.41. The van der Waals surface area contributed by atoms with Crippen LogP contribution < -0.4 is 0 Å². The highest BCUT2D eigenvalue weighted by atomic mass is 16.5. The third-order valence-electron chi connectivity index (χ3n) is 4.98. The maximum absolute atomic E-state index is 9.90. The second kappa shape index (κ2) is 5.68. The molecule has 1 unspecified atom stereocenters. The molecular weight excluding hydrogens is 244 g/mol. The Kier molecular flexibility index (Phi) is 4.56. The topological polar surface area (TPSA) is 69.9 Å². The first-order chi connectivity index (χ1) is 8.79. The van der Waals surface area contributed by atoms with Crippen molar-refractivity contribution in [3.8, 4) is 0 Å². The van der Waals surface area contributed by atoms with Gasteiger partial charge in [0.05, 0.1) is 31.0 Å². The van der Waals surface area contributed by atoms with E-state index >= 15 is 0 Å². The van der Waals surface area contributed by atoms with E-state index in [0.717, 1.165) is 12.8 Å². The molecule has 2 aliphatic rings. The largest absolute Gasteiger partial charge is 0.390 e. The van der Waals surface area contributed by atoms with Crippen molar-refractivity contribution in [2.24, 2.45) is 17.3 Å². The molecule has 2 saturated carbocycles. The molecule has 4 nitrogen and oxygen atoms in total. The molecule has 0 spiro atoms. The van der Waals surface area contributed by atoms with Gasteiger partial charge in [0.1, 0.15) is 0 Å². The number of aliphatic hydroxyl groups excluding tert-OH is 3. The molecule has 0 amide bonds. The molecule has 6 atom stereocenters. The van der Waals surface area contributed by atoms with E-state index in [4.69, 9.17) is 4.74 Å². The number of rotatable bonds is 4. The van der Waals surface area contributed by atoms with E-state index in [9.17, 15) is 15.3 Å². The van der Waals surface area contributed by atoms with E-state index < -0.39 is 12.2 Å². The molecule has 2 fully saturated rings. The fourth-order valence-corrected chi connectivity index (χ4v) is 3.46. The predicted molar refractivity (Wildman–Crippen MR) is 72.7 cm³/mol. The van der Waals surface area contributed by atoms with E-state index in [-0.39, 0.29) is 23.5 Å². The van der Waals surface area contributed by atoms with Crippen LogP contribution in [0.3, 0.4) is 0 Å². The van der Waals surface area contributed by atoms with Crippen LogP contribution in [0.15, 0.2) is 0 Å². The van der Waals surface area contributed by atoms with Crippen LogP contribution in [0.1, 0.15) is 46.5 Å². The van der Waals surface area contributed by atoms with Crippen molar-refractivity contribution in [1.29, 1.82) is 0 Å². The van der Waals surface area contributed by atoms with E-state index in [1.807, 2.05) is 0 Å². The Morgan fingerprint density at radius 3 is 2.00 bits per heavy atom. The first-order valence-corrected chi connectivity index (χ1v) is 7.45. The van der Waals surface area contributed by atoms with Gasteiger partial charge in [-0.3, -0.25) is 0 Å². The molecule has 2 aliphatic carbocycles. The summed E-state index contributed by atoms with van der Waals surface area (Å²) in [6, 6.07) is 0. The third kappa shape index (κ3) is 3.48. The molecule has 0 radical (unpaired) electrons. The minimum atomic E-state index is -0.596. The quantitative estimate of drug-likeness (QED) is 0.722. The van der Waals surface area contributed by atoms with Crippen LogP contribution in [0.5, 0.6) is 0 Å². The molecule has 0 saturated heterocycles. The highest BCUT2D eigenvalue weighted by molar-refractivity contribution is 4.91. The predicted octanol–water partition coefficient (Wildman–Crippen LogP) is 1.32. The fraction of sp³-hybridized carbons (Fsp3) is 1.00. The molecule has 2 rings (SSSR count). The second-order valence-corrected chi connectivity index (χ2v) is 7.28. The van der Waals surface area contributed by atoms with Crippen LogP contribution in [0.2, 0.25) is 0 Å². The molecule has 3 N–H and O–H groups in total. The lowest BCUT2D eigenvalue weighted by Crippen LogP contribution is -2.33. The Hall–Kier alpha value is -0.160. The van der Waals surface area contributed by atoms with Crippen molar-refractivity contribution in [1.82, 2.24) is 0 Å². The van der Waals surface area contributed by atoms with Gasteiger partial charge in [-0.15, -0.1) is 0 Å². The maximum atomic E-state index is 9.90. The SMILES string of the molecule is C[C@H]1C[C@@H](O)[C@@H](OCC(C)(C)C2C[C@@H](O)[C@@H](O)C2)C1. The van der Waals surface area contributed by atoms with Crippen LogP contribution in [-0.2, 0) is 4.74 Å². The summed E-state index contributed by atoms with van der Waals surface area (Å²) in [6.45, 7) is 6.95. The van der Waals surface area contributed by atoms with Crippen molar-refractivity contribution in [3.05, 3.63) is 0 Å². The average Bonchev–Trinajstić information content (AvgIpc) is 2.81. The van der Waals surface area contributed by atoms with Crippen LogP contribution in [0.4, 0.5) is 0 Å². The summed E-state index contributed by atoms with van der Waals surface area (Å²) in [7, 11) is 0. The van der Waals surface area contributed by atoms with Crippen molar-refractivity contribution >= 4 is 0 Å². The lowest BCUT2D eigenvalue weighted by molar-refractivity contribution is -0.0617. The second-order valence-electron chi connectivity index (χ2n) is 7.28. The number of ether oxygens (including phenoxy) is 1. The smallest absolute Gasteiger partial charge is 0.0836 e. The maximum Gasteiger partial charge on any atom is 0.0836 e. The first kappa shape index (κ1) is 15.2. The molecule has 0 aromatic rings. The Labute approximate surface area is 115 Å². The molecule has 0 aromatic heterocycles. The summed E-state index contributed by atoms with van der Waals surface area (Å²) in [5, 5.41) is 29.2. The summed E-state index contributed by atoms with van der Waals surface area (Å²) in [5.74, 6) is 0.798. The van der Waals surface area contributed by atoms with E-state index in [1.165, 1.54) is 0 Å². The Morgan fingerprint density at radius 2 is 1.53 bits per heavy atom. The zero-order chi connectivity index (χ0) is 14.2. The Balaban J connectivity index is 1.84. The van der Waals surface area contributed by atoms with Gasteiger partial charge in [0.15, 0.2) is 0 Å². The summed E-state index contributed by atoms with van der Waals surface area (Å²) in [5.41, 5.74) is -0.0794. The first-order valence-electron chi connectivity index (χ1n) is 7.45. The van der Waals surface area contributed by atoms with Crippen molar-refractivity contribution in [2.75, 3.05) is 6.61 Å². The summed E-state index contributed by atoms with van der Waals surface area (Å²) < 4.78 is 5.92. The number of hydrogen-bond donors (Lipinski definition) is 3. The van der Waals surface area contributed by atoms with Crippen molar-refractivity contribution in [2.45, 2.75) is 70.9 Å². The molecule has 112 valence electrons. The molecule has 0 aromatic carbocycles. The molecule has 0 heterocycles. The lowest BCUT2D eigenvalue weighted by Gasteiger charge is -2.33. The molecular formula is C15H28O4. The monoisotopic (exact) mass is 272 g/mol. The Morgan fingerprint density at radius 1 is 0.947 bits per heavy atom. The van der Waals surface area contributed by atoms with Crippen LogP contribution in [0.25, 0.3) is 0 Å². The third-order valence-corrected chi connectivity index (χ3v) is 4.98. The summed E-state index contributed by atoms with van der Waals surface area (Å²) in [4.78, 5) is 0. The van der Waals surface area contributed by atoms with Gasteiger partial charge in [0, 0.05) is 0 Å². The summed E-state index contributed by atoms with van der Waals surface area (Å²) in [6.07, 6.45) is 1.44. The molecule has 19 heavy (non-hydrogen) atoms. The van der Waals surface area contributed by atoms with Gasteiger partial charge in [-0.05, 0) is 42.9 Å². The van der Waals surface area contributed by atoms with Gasteiger partial charge < -0.3 is 20.1 Å². The van der Waals surface area contributed by atoms with Crippen LogP contribution >= 0.6 is 0 Å². The Bertz CT molecular complexity index is 295. The minimum Gasteiger partial charge on any atom is -0.390 e. The van der Waals surface area contributed by atoms with E-state index in [0.29, 0.717) is 25.4 Å². The zero-order valence-electron chi connectivity index (χ0n) is 12.2. The average molecular weight is 272 g/mol.